The van der Waals surface area contributed by atoms with E-state index in [1.54, 1.807) is 0 Å². The molecule has 0 aromatic heterocycles. The lowest BCUT2D eigenvalue weighted by molar-refractivity contribution is 0.0547. The summed E-state index contributed by atoms with van der Waals surface area (Å²) in [6.45, 7) is 2.30. The highest BCUT2D eigenvalue weighted by Gasteiger charge is 2.32. The van der Waals surface area contributed by atoms with Gasteiger partial charge >= 0.3 is 0 Å². The van der Waals surface area contributed by atoms with E-state index in [1.807, 2.05) is 6.07 Å². The summed E-state index contributed by atoms with van der Waals surface area (Å²) in [6, 6.07) is 9.26. The minimum Gasteiger partial charge on any atom is -0.389 e. The second kappa shape index (κ2) is 6.23. The van der Waals surface area contributed by atoms with Crippen molar-refractivity contribution in [1.82, 2.24) is 4.90 Å². The zero-order chi connectivity index (χ0) is 13.9. The Kier molecular flexibility index (Phi) is 4.37. The third-order valence-electron chi connectivity index (χ3n) is 4.96. The van der Waals surface area contributed by atoms with Gasteiger partial charge in [0.15, 0.2) is 0 Å². The molecule has 3 heteroatoms. The molecule has 3 rings (SSSR count). The molecule has 20 heavy (non-hydrogen) atoms. The van der Waals surface area contributed by atoms with E-state index >= 15 is 0 Å². The Labute approximate surface area is 127 Å². The number of thiocarbonyl (C=S) groups is 1. The molecule has 0 bridgehead atoms. The quantitative estimate of drug-likeness (QED) is 0.864. The van der Waals surface area contributed by atoms with Gasteiger partial charge in [-0.05, 0) is 49.8 Å². The highest BCUT2D eigenvalue weighted by Crippen LogP contribution is 2.35. The van der Waals surface area contributed by atoms with Gasteiger partial charge in [-0.1, -0.05) is 43.3 Å². The summed E-state index contributed by atoms with van der Waals surface area (Å²) in [5.41, 5.74) is 8.08. The van der Waals surface area contributed by atoms with Crippen molar-refractivity contribution in [2.24, 2.45) is 11.7 Å². The molecule has 0 amide bonds. The Morgan fingerprint density at radius 3 is 2.85 bits per heavy atom. The molecule has 1 aromatic rings. The number of piperidine rings is 1. The normalized spacial score (nSPS) is 27.0. The molecule has 1 heterocycles. The summed E-state index contributed by atoms with van der Waals surface area (Å²) in [4.78, 5) is 3.20. The van der Waals surface area contributed by atoms with Crippen molar-refractivity contribution in [1.29, 1.82) is 0 Å². The molecule has 1 aliphatic carbocycles. The maximum atomic E-state index is 5.74. The average molecular weight is 288 g/mol. The van der Waals surface area contributed by atoms with Gasteiger partial charge in [-0.2, -0.15) is 0 Å². The van der Waals surface area contributed by atoms with Crippen molar-refractivity contribution in [2.75, 3.05) is 6.54 Å². The summed E-state index contributed by atoms with van der Waals surface area (Å²) in [5, 5.41) is 0. The SMILES string of the molecule is NC(=S)c1cccc(CN2CCC[C@H]3CCCC[C@H]32)c1. The fourth-order valence-corrected chi connectivity index (χ4v) is 4.11. The number of nitrogens with zero attached hydrogens (tertiary/aromatic N) is 1. The molecular formula is C17H24N2S. The molecule has 2 nitrogen and oxygen atoms in total. The first kappa shape index (κ1) is 14.0. The van der Waals surface area contributed by atoms with E-state index in [2.05, 4.69) is 23.1 Å². The standard InChI is InChI=1S/C17H24N2S/c18-17(20)15-7-3-5-13(11-15)12-19-10-4-8-14-6-1-2-9-16(14)19/h3,5,7,11,14,16H,1-2,4,6,8-10,12H2,(H2,18,20)/t14-,16-/m1/s1. The predicted molar refractivity (Wildman–Crippen MR) is 87.7 cm³/mol. The molecule has 108 valence electrons. The zero-order valence-corrected chi connectivity index (χ0v) is 12.9. The number of hydrogen-bond acceptors (Lipinski definition) is 2. The van der Waals surface area contributed by atoms with Crippen LogP contribution in [-0.2, 0) is 6.54 Å². The van der Waals surface area contributed by atoms with Crippen molar-refractivity contribution in [3.8, 4) is 0 Å². The van der Waals surface area contributed by atoms with Crippen molar-refractivity contribution in [2.45, 2.75) is 51.1 Å². The molecule has 2 fully saturated rings. The van der Waals surface area contributed by atoms with Gasteiger partial charge in [0, 0.05) is 18.2 Å². The summed E-state index contributed by atoms with van der Waals surface area (Å²) in [5.74, 6) is 0.941. The fourth-order valence-electron chi connectivity index (χ4n) is 3.98. The van der Waals surface area contributed by atoms with E-state index in [0.29, 0.717) is 4.99 Å². The van der Waals surface area contributed by atoms with Crippen LogP contribution in [0.5, 0.6) is 0 Å². The largest absolute Gasteiger partial charge is 0.389 e. The fraction of sp³-hybridized carbons (Fsp3) is 0.588. The maximum absolute atomic E-state index is 5.74. The molecule has 0 spiro atoms. The topological polar surface area (TPSA) is 29.3 Å². The Hall–Kier alpha value is -0.930. The molecule has 2 N–H and O–H groups in total. The summed E-state index contributed by atoms with van der Waals surface area (Å²) in [7, 11) is 0. The Bertz CT molecular complexity index is 484. The summed E-state index contributed by atoms with van der Waals surface area (Å²) in [6.07, 6.45) is 8.47. The molecule has 2 atom stereocenters. The molecule has 2 aliphatic rings. The lowest BCUT2D eigenvalue weighted by Crippen LogP contribution is -2.46. The number of benzene rings is 1. The molecule has 0 radical (unpaired) electrons. The maximum Gasteiger partial charge on any atom is 0.103 e. The molecule has 0 unspecified atom stereocenters. The van der Waals surface area contributed by atoms with Crippen LogP contribution in [-0.4, -0.2) is 22.5 Å². The first-order valence-corrected chi connectivity index (χ1v) is 8.27. The van der Waals surface area contributed by atoms with Crippen molar-refractivity contribution in [3.05, 3.63) is 35.4 Å². The Morgan fingerprint density at radius 2 is 2.00 bits per heavy atom. The van der Waals surface area contributed by atoms with Crippen molar-refractivity contribution < 1.29 is 0 Å². The van der Waals surface area contributed by atoms with E-state index in [0.717, 1.165) is 24.1 Å². The second-order valence-corrected chi connectivity index (χ2v) is 6.73. The van der Waals surface area contributed by atoms with E-state index < -0.39 is 0 Å². The molecular weight excluding hydrogens is 264 g/mol. The summed E-state index contributed by atoms with van der Waals surface area (Å²) < 4.78 is 0. The van der Waals surface area contributed by atoms with E-state index in [-0.39, 0.29) is 0 Å². The van der Waals surface area contributed by atoms with Gasteiger partial charge in [0.25, 0.3) is 0 Å². The van der Waals surface area contributed by atoms with Gasteiger partial charge in [-0.15, -0.1) is 0 Å². The van der Waals surface area contributed by atoms with E-state index in [4.69, 9.17) is 18.0 Å². The predicted octanol–water partition coefficient (Wildman–Crippen LogP) is 3.48. The van der Waals surface area contributed by atoms with Gasteiger partial charge in [-0.3, -0.25) is 4.90 Å². The van der Waals surface area contributed by atoms with E-state index in [1.165, 1.54) is 50.6 Å². The lowest BCUT2D eigenvalue weighted by Gasteiger charge is -2.44. The minimum absolute atomic E-state index is 0.501. The molecule has 1 aliphatic heterocycles. The van der Waals surface area contributed by atoms with Gasteiger partial charge in [0.05, 0.1) is 0 Å². The number of hydrogen-bond donors (Lipinski definition) is 1. The van der Waals surface area contributed by atoms with Crippen LogP contribution in [0.25, 0.3) is 0 Å². The van der Waals surface area contributed by atoms with Gasteiger partial charge < -0.3 is 5.73 Å². The number of likely N-dealkylation sites (tertiary alicyclic amines) is 1. The first-order chi connectivity index (χ1) is 9.74. The van der Waals surface area contributed by atoms with Crippen molar-refractivity contribution >= 4 is 17.2 Å². The second-order valence-electron chi connectivity index (χ2n) is 6.29. The van der Waals surface area contributed by atoms with Crippen LogP contribution < -0.4 is 5.73 Å². The van der Waals surface area contributed by atoms with Crippen LogP contribution >= 0.6 is 12.2 Å². The van der Waals surface area contributed by atoms with Crippen LogP contribution in [0.2, 0.25) is 0 Å². The first-order valence-electron chi connectivity index (χ1n) is 7.87. The summed E-state index contributed by atoms with van der Waals surface area (Å²) >= 11 is 5.08. The smallest absolute Gasteiger partial charge is 0.103 e. The third kappa shape index (κ3) is 3.04. The Balaban J connectivity index is 1.72. The monoisotopic (exact) mass is 288 g/mol. The highest BCUT2D eigenvalue weighted by atomic mass is 32.1. The van der Waals surface area contributed by atoms with Gasteiger partial charge in [0.1, 0.15) is 4.99 Å². The highest BCUT2D eigenvalue weighted by molar-refractivity contribution is 7.80. The average Bonchev–Trinajstić information content (AvgIpc) is 2.48. The zero-order valence-electron chi connectivity index (χ0n) is 12.1. The van der Waals surface area contributed by atoms with Gasteiger partial charge in [0.2, 0.25) is 0 Å². The van der Waals surface area contributed by atoms with E-state index in [9.17, 15) is 0 Å². The van der Waals surface area contributed by atoms with Gasteiger partial charge in [-0.25, -0.2) is 0 Å². The van der Waals surface area contributed by atoms with Crippen LogP contribution in [0, 0.1) is 5.92 Å². The lowest BCUT2D eigenvalue weighted by atomic mass is 9.78. The molecule has 1 saturated heterocycles. The molecule has 1 aromatic carbocycles. The molecule has 1 saturated carbocycles. The third-order valence-corrected chi connectivity index (χ3v) is 5.19. The minimum atomic E-state index is 0.501. The van der Waals surface area contributed by atoms with Crippen LogP contribution in [0.15, 0.2) is 24.3 Å². The number of rotatable bonds is 3. The number of fused-ring (bicyclic) bond motifs is 1. The van der Waals surface area contributed by atoms with Crippen LogP contribution in [0.4, 0.5) is 0 Å². The van der Waals surface area contributed by atoms with Crippen LogP contribution in [0.3, 0.4) is 0 Å². The van der Waals surface area contributed by atoms with Crippen LogP contribution in [0.1, 0.15) is 49.7 Å². The number of nitrogens with two attached hydrogens (primary N) is 1. The van der Waals surface area contributed by atoms with Crippen molar-refractivity contribution in [3.63, 3.8) is 0 Å². The Morgan fingerprint density at radius 1 is 1.20 bits per heavy atom.